The van der Waals surface area contributed by atoms with Gasteiger partial charge in [0.25, 0.3) is 0 Å². The zero-order valence-corrected chi connectivity index (χ0v) is 51.8. The Labute approximate surface area is 493 Å². The molecule has 0 bridgehead atoms. The van der Waals surface area contributed by atoms with E-state index >= 15 is 0 Å². The van der Waals surface area contributed by atoms with Crippen LogP contribution in [0.25, 0.3) is 0 Å². The van der Waals surface area contributed by atoms with Gasteiger partial charge in [0.2, 0.25) is 0 Å². The van der Waals surface area contributed by atoms with Gasteiger partial charge >= 0.3 is 17.9 Å². The van der Waals surface area contributed by atoms with Crippen molar-refractivity contribution in [2.24, 2.45) is 0 Å². The summed E-state index contributed by atoms with van der Waals surface area (Å²) in [6.45, 7) is 6.38. The standard InChI is InChI=1S/C74H120O6/c1-4-7-10-13-16-19-22-25-28-31-33-34-35-36-37-38-39-40-42-43-46-49-52-55-58-61-64-67-73(76)79-70-71(69-78-72(75)66-63-60-57-54-51-48-45-30-27-24-21-18-15-12-9-6-3)80-74(77)68-65-62-59-56-53-50-47-44-41-32-29-26-23-20-17-14-11-8-5-2/h7-8,10-11,16-17,19-20,25-26,28-30,33-34,36-37,39-41,44-45,50,53,71H,4-6,9,12-15,18,21-24,27,31-32,35,38,42-43,46-49,51-52,54-70H2,1-3H3/b10-7-,11-8-,19-16-,20-17-,28-25-,29-26-,34-33-,37-36-,40-39-,44-41-,45-30-,53-50-. The van der Waals surface area contributed by atoms with Gasteiger partial charge in [0, 0.05) is 19.3 Å². The molecule has 1 atom stereocenters. The van der Waals surface area contributed by atoms with Crippen molar-refractivity contribution in [1.29, 1.82) is 0 Å². The summed E-state index contributed by atoms with van der Waals surface area (Å²) in [5.41, 5.74) is 0. The molecular formula is C74H120O6. The van der Waals surface area contributed by atoms with Crippen LogP contribution >= 0.6 is 0 Å². The fraction of sp³-hybridized carbons (Fsp3) is 0.635. The minimum absolute atomic E-state index is 0.103. The highest BCUT2D eigenvalue weighted by Gasteiger charge is 2.19. The Morgan fingerprint density at radius 1 is 0.263 bits per heavy atom. The Morgan fingerprint density at radius 3 is 0.787 bits per heavy atom. The van der Waals surface area contributed by atoms with Crippen LogP contribution in [0, 0.1) is 0 Å². The van der Waals surface area contributed by atoms with Gasteiger partial charge in [-0.15, -0.1) is 0 Å². The van der Waals surface area contributed by atoms with Crippen LogP contribution in [0.3, 0.4) is 0 Å². The highest BCUT2D eigenvalue weighted by atomic mass is 16.6. The van der Waals surface area contributed by atoms with E-state index < -0.39 is 6.10 Å². The van der Waals surface area contributed by atoms with Crippen molar-refractivity contribution in [2.45, 2.75) is 290 Å². The molecule has 0 aromatic rings. The first-order valence-electron chi connectivity index (χ1n) is 32.8. The number of unbranched alkanes of at least 4 members (excludes halogenated alkanes) is 23. The third-order valence-corrected chi connectivity index (χ3v) is 13.6. The van der Waals surface area contributed by atoms with E-state index in [1.54, 1.807) is 0 Å². The SMILES string of the molecule is CC/C=C\C/C=C\C/C=C\C/C=C\C/C=C\C/C=C\CCCCCCCCCCC(=O)OCC(COC(=O)CCCCCCC/C=C\CCCCCCCCC)OC(=O)CCCCC/C=C\C/C=C\C/C=C\C/C=C\C/C=C\CC. The molecule has 0 saturated heterocycles. The molecule has 0 heterocycles. The molecule has 0 radical (unpaired) electrons. The van der Waals surface area contributed by atoms with Crippen molar-refractivity contribution < 1.29 is 28.6 Å². The average Bonchev–Trinajstić information content (AvgIpc) is 3.46. The maximum Gasteiger partial charge on any atom is 0.306 e. The predicted octanol–water partition coefficient (Wildman–Crippen LogP) is 22.7. The van der Waals surface area contributed by atoms with Gasteiger partial charge in [-0.1, -0.05) is 269 Å². The normalized spacial score (nSPS) is 13.1. The minimum Gasteiger partial charge on any atom is -0.462 e. The fourth-order valence-electron chi connectivity index (χ4n) is 8.70. The topological polar surface area (TPSA) is 78.9 Å². The molecule has 1 unspecified atom stereocenters. The lowest BCUT2D eigenvalue weighted by atomic mass is 10.1. The Bertz CT molecular complexity index is 1750. The molecule has 0 aliphatic rings. The minimum atomic E-state index is -0.810. The zero-order valence-electron chi connectivity index (χ0n) is 51.8. The lowest BCUT2D eigenvalue weighted by Gasteiger charge is -2.18. The third kappa shape index (κ3) is 64.1. The molecule has 0 amide bonds. The van der Waals surface area contributed by atoms with Crippen molar-refractivity contribution in [3.63, 3.8) is 0 Å². The van der Waals surface area contributed by atoms with Crippen LogP contribution in [0.5, 0.6) is 0 Å². The molecule has 0 aromatic carbocycles. The second-order valence-electron chi connectivity index (χ2n) is 21.3. The molecule has 0 N–H and O–H groups in total. The maximum atomic E-state index is 12.9. The summed E-state index contributed by atoms with van der Waals surface area (Å²) in [7, 11) is 0. The monoisotopic (exact) mass is 1100 g/mol. The number of hydrogen-bond acceptors (Lipinski definition) is 6. The van der Waals surface area contributed by atoms with Crippen molar-refractivity contribution in [3.8, 4) is 0 Å². The highest BCUT2D eigenvalue weighted by Crippen LogP contribution is 2.15. The number of carbonyl (C=O) groups excluding carboxylic acids is 3. The summed E-state index contributed by atoms with van der Waals surface area (Å²) < 4.78 is 16.9. The molecular weight excluding hydrogens is 985 g/mol. The van der Waals surface area contributed by atoms with Gasteiger partial charge in [-0.2, -0.15) is 0 Å². The Balaban J connectivity index is 4.45. The van der Waals surface area contributed by atoms with E-state index in [2.05, 4.69) is 167 Å². The number of carbonyl (C=O) groups is 3. The quantitative estimate of drug-likeness (QED) is 0.0261. The van der Waals surface area contributed by atoms with Crippen LogP contribution in [0.15, 0.2) is 146 Å². The second kappa shape index (κ2) is 66.8. The average molecular weight is 1110 g/mol. The number of hydrogen-bond donors (Lipinski definition) is 0. The van der Waals surface area contributed by atoms with Crippen LogP contribution in [0.4, 0.5) is 0 Å². The van der Waals surface area contributed by atoms with E-state index in [1.807, 2.05) is 0 Å². The summed E-state index contributed by atoms with van der Waals surface area (Å²) in [6, 6.07) is 0. The smallest absolute Gasteiger partial charge is 0.306 e. The lowest BCUT2D eigenvalue weighted by Crippen LogP contribution is -2.30. The van der Waals surface area contributed by atoms with Crippen LogP contribution in [-0.2, 0) is 28.6 Å². The van der Waals surface area contributed by atoms with Crippen molar-refractivity contribution >= 4 is 17.9 Å². The number of esters is 3. The van der Waals surface area contributed by atoms with Gasteiger partial charge in [-0.25, -0.2) is 0 Å². The van der Waals surface area contributed by atoms with Crippen LogP contribution in [0.1, 0.15) is 284 Å². The van der Waals surface area contributed by atoms with Crippen LogP contribution < -0.4 is 0 Å². The summed E-state index contributed by atoms with van der Waals surface area (Å²) in [4.78, 5) is 38.4. The van der Waals surface area contributed by atoms with Crippen molar-refractivity contribution in [1.82, 2.24) is 0 Å². The molecule has 0 fully saturated rings. The lowest BCUT2D eigenvalue weighted by molar-refractivity contribution is -0.167. The Kier molecular flexibility index (Phi) is 62.9. The molecule has 0 rings (SSSR count). The van der Waals surface area contributed by atoms with Gasteiger partial charge < -0.3 is 14.2 Å². The van der Waals surface area contributed by atoms with Gasteiger partial charge in [-0.05, 0) is 141 Å². The largest absolute Gasteiger partial charge is 0.462 e. The first-order chi connectivity index (χ1) is 39.5. The van der Waals surface area contributed by atoms with Gasteiger partial charge in [0.15, 0.2) is 6.10 Å². The Morgan fingerprint density at radius 2 is 0.487 bits per heavy atom. The van der Waals surface area contributed by atoms with E-state index in [0.717, 1.165) is 154 Å². The van der Waals surface area contributed by atoms with E-state index in [0.29, 0.717) is 12.8 Å². The molecule has 6 nitrogen and oxygen atoms in total. The number of ether oxygens (including phenoxy) is 3. The van der Waals surface area contributed by atoms with E-state index in [9.17, 15) is 14.4 Å². The number of rotatable bonds is 58. The molecule has 0 aliphatic carbocycles. The molecule has 6 heteroatoms. The van der Waals surface area contributed by atoms with Crippen LogP contribution in [0.2, 0.25) is 0 Å². The Hall–Kier alpha value is -4.71. The summed E-state index contributed by atoms with van der Waals surface area (Å²) in [6.07, 6.45) is 95.6. The summed E-state index contributed by atoms with van der Waals surface area (Å²) in [5, 5.41) is 0. The maximum absolute atomic E-state index is 12.9. The molecule has 0 spiro atoms. The first kappa shape index (κ1) is 75.3. The van der Waals surface area contributed by atoms with Crippen molar-refractivity contribution in [3.05, 3.63) is 146 Å². The van der Waals surface area contributed by atoms with Gasteiger partial charge in [0.05, 0.1) is 0 Å². The van der Waals surface area contributed by atoms with Crippen molar-refractivity contribution in [2.75, 3.05) is 13.2 Å². The van der Waals surface area contributed by atoms with Gasteiger partial charge in [-0.3, -0.25) is 14.4 Å². The zero-order chi connectivity index (χ0) is 57.8. The van der Waals surface area contributed by atoms with E-state index in [4.69, 9.17) is 14.2 Å². The molecule has 0 saturated carbocycles. The fourth-order valence-corrected chi connectivity index (χ4v) is 8.70. The van der Waals surface area contributed by atoms with Gasteiger partial charge in [0.1, 0.15) is 13.2 Å². The molecule has 80 heavy (non-hydrogen) atoms. The molecule has 0 aliphatic heterocycles. The second-order valence-corrected chi connectivity index (χ2v) is 21.3. The highest BCUT2D eigenvalue weighted by molar-refractivity contribution is 5.71. The number of allylic oxidation sites excluding steroid dienone is 24. The molecule has 452 valence electrons. The molecule has 0 aromatic heterocycles. The third-order valence-electron chi connectivity index (χ3n) is 13.6. The summed E-state index contributed by atoms with van der Waals surface area (Å²) in [5.74, 6) is -0.950. The van der Waals surface area contributed by atoms with E-state index in [-0.39, 0.29) is 37.5 Å². The van der Waals surface area contributed by atoms with Crippen LogP contribution in [-0.4, -0.2) is 37.2 Å². The predicted molar refractivity (Wildman–Crippen MR) is 348 cm³/mol. The van der Waals surface area contributed by atoms with E-state index in [1.165, 1.54) is 89.9 Å². The summed E-state index contributed by atoms with van der Waals surface area (Å²) >= 11 is 0. The first-order valence-corrected chi connectivity index (χ1v) is 32.8.